The second kappa shape index (κ2) is 6.38. The number of hydrogen-bond acceptors (Lipinski definition) is 1. The van der Waals surface area contributed by atoms with Crippen molar-refractivity contribution < 1.29 is 13.2 Å². The second-order valence-electron chi connectivity index (χ2n) is 5.70. The number of alkyl halides is 3. The number of nitrogens with two attached hydrogens (primary N) is 1. The normalized spacial score (nSPS) is 13.4. The molecule has 23 heavy (non-hydrogen) atoms. The quantitative estimate of drug-likeness (QED) is 0.785. The fraction of sp³-hybridized carbons (Fsp3) is 0.375. The summed E-state index contributed by atoms with van der Waals surface area (Å²) in [7, 11) is 0. The Kier molecular flexibility index (Phi) is 5.04. The zero-order valence-electron chi connectivity index (χ0n) is 12.9. The number of hydrogen-bond donors (Lipinski definition) is 1. The Morgan fingerprint density at radius 1 is 1.13 bits per heavy atom. The molecule has 0 saturated carbocycles. The molecule has 2 N–H and O–H groups in total. The Balaban J connectivity index is 2.62. The van der Waals surface area contributed by atoms with Crippen molar-refractivity contribution in [3.63, 3.8) is 0 Å². The van der Waals surface area contributed by atoms with Gasteiger partial charge in [0.05, 0.1) is 21.3 Å². The Morgan fingerprint density at radius 3 is 2.09 bits per heavy atom. The molecule has 0 radical (unpaired) electrons. The second-order valence-corrected chi connectivity index (χ2v) is 6.51. The first kappa shape index (κ1) is 18.2. The Hall–Kier alpha value is -1.17. The average molecular weight is 365 g/mol. The van der Waals surface area contributed by atoms with Crippen LogP contribution < -0.4 is 5.73 Å². The van der Waals surface area contributed by atoms with E-state index in [9.17, 15) is 13.2 Å². The SMILES string of the molecule is Cc1cc(CC(C)N)c(C)n1-c1c(Cl)cc(C(F)(F)F)cc1Cl. The van der Waals surface area contributed by atoms with Gasteiger partial charge in [0.1, 0.15) is 0 Å². The monoisotopic (exact) mass is 364 g/mol. The van der Waals surface area contributed by atoms with E-state index >= 15 is 0 Å². The minimum atomic E-state index is -4.49. The van der Waals surface area contributed by atoms with Gasteiger partial charge in [0.25, 0.3) is 0 Å². The summed E-state index contributed by atoms with van der Waals surface area (Å²) in [6, 6.07) is 3.71. The van der Waals surface area contributed by atoms with Crippen molar-refractivity contribution in [2.45, 2.75) is 39.4 Å². The van der Waals surface area contributed by atoms with Gasteiger partial charge >= 0.3 is 6.18 Å². The zero-order valence-corrected chi connectivity index (χ0v) is 14.4. The van der Waals surface area contributed by atoms with Crippen LogP contribution in [0.4, 0.5) is 13.2 Å². The number of aryl methyl sites for hydroxylation is 1. The third kappa shape index (κ3) is 3.67. The van der Waals surface area contributed by atoms with Crippen molar-refractivity contribution in [3.05, 3.63) is 50.8 Å². The number of halogens is 5. The third-order valence-electron chi connectivity index (χ3n) is 3.65. The van der Waals surface area contributed by atoms with E-state index in [0.29, 0.717) is 12.1 Å². The molecule has 1 aromatic heterocycles. The zero-order chi connectivity index (χ0) is 17.5. The molecule has 0 fully saturated rings. The van der Waals surface area contributed by atoms with Crippen LogP contribution in [0.5, 0.6) is 0 Å². The molecule has 1 aromatic carbocycles. The Morgan fingerprint density at radius 2 is 1.65 bits per heavy atom. The van der Waals surface area contributed by atoms with E-state index in [-0.39, 0.29) is 16.1 Å². The van der Waals surface area contributed by atoms with E-state index in [1.807, 2.05) is 26.8 Å². The summed E-state index contributed by atoms with van der Waals surface area (Å²) in [5, 5.41) is -0.0852. The fourth-order valence-corrected chi connectivity index (χ4v) is 3.33. The predicted octanol–water partition coefficient (Wildman–Crippen LogP) is 5.31. The van der Waals surface area contributed by atoms with Crippen LogP contribution in [-0.2, 0) is 12.6 Å². The first-order valence-corrected chi connectivity index (χ1v) is 7.78. The van der Waals surface area contributed by atoms with Gasteiger partial charge < -0.3 is 10.3 Å². The van der Waals surface area contributed by atoms with E-state index in [1.165, 1.54) is 0 Å². The van der Waals surface area contributed by atoms with Crippen molar-refractivity contribution >= 4 is 23.2 Å². The van der Waals surface area contributed by atoms with Crippen LogP contribution in [0.15, 0.2) is 18.2 Å². The van der Waals surface area contributed by atoms with Gasteiger partial charge in [0.15, 0.2) is 0 Å². The van der Waals surface area contributed by atoms with Gasteiger partial charge in [0, 0.05) is 17.4 Å². The Labute approximate surface area is 143 Å². The molecule has 2 aromatic rings. The maximum absolute atomic E-state index is 12.9. The molecule has 0 saturated heterocycles. The molecular formula is C16H17Cl2F3N2. The summed E-state index contributed by atoms with van der Waals surface area (Å²) < 4.78 is 40.3. The molecule has 0 bridgehead atoms. The molecule has 1 heterocycles. The standard InChI is InChI=1S/C16H17Cl2F3N2/c1-8(22)4-11-5-9(2)23(10(11)3)15-13(17)6-12(7-14(15)18)16(19,20)21/h5-8H,4,22H2,1-3H3. The van der Waals surface area contributed by atoms with Crippen LogP contribution >= 0.6 is 23.2 Å². The lowest BCUT2D eigenvalue weighted by molar-refractivity contribution is -0.137. The van der Waals surface area contributed by atoms with Gasteiger partial charge in [0.2, 0.25) is 0 Å². The van der Waals surface area contributed by atoms with Gasteiger partial charge in [-0.1, -0.05) is 23.2 Å². The number of nitrogens with zero attached hydrogens (tertiary/aromatic N) is 1. The Bertz CT molecular complexity index is 711. The van der Waals surface area contributed by atoms with Crippen LogP contribution in [0, 0.1) is 13.8 Å². The summed E-state index contributed by atoms with van der Waals surface area (Å²) in [4.78, 5) is 0. The highest BCUT2D eigenvalue weighted by molar-refractivity contribution is 6.38. The highest BCUT2D eigenvalue weighted by Crippen LogP contribution is 2.39. The first-order chi connectivity index (χ1) is 10.5. The average Bonchev–Trinajstić information content (AvgIpc) is 2.63. The lowest BCUT2D eigenvalue weighted by Crippen LogP contribution is -2.18. The van der Waals surface area contributed by atoms with Crippen molar-refractivity contribution in [3.8, 4) is 5.69 Å². The molecular weight excluding hydrogens is 348 g/mol. The number of benzene rings is 1. The molecule has 2 nitrogen and oxygen atoms in total. The number of aromatic nitrogens is 1. The molecule has 126 valence electrons. The highest BCUT2D eigenvalue weighted by atomic mass is 35.5. The maximum Gasteiger partial charge on any atom is 0.416 e. The summed E-state index contributed by atoms with van der Waals surface area (Å²) in [6.07, 6.45) is -3.83. The molecule has 1 atom stereocenters. The minimum absolute atomic E-state index is 0.0255. The van der Waals surface area contributed by atoms with Gasteiger partial charge in [-0.25, -0.2) is 0 Å². The maximum atomic E-state index is 12.9. The summed E-state index contributed by atoms with van der Waals surface area (Å²) in [5.41, 5.74) is 8.04. The lowest BCUT2D eigenvalue weighted by atomic mass is 10.1. The van der Waals surface area contributed by atoms with Crippen LogP contribution in [0.25, 0.3) is 5.69 Å². The highest BCUT2D eigenvalue weighted by Gasteiger charge is 2.32. The van der Waals surface area contributed by atoms with E-state index in [4.69, 9.17) is 28.9 Å². The molecule has 7 heteroatoms. The predicted molar refractivity (Wildman–Crippen MR) is 87.6 cm³/mol. The molecule has 1 unspecified atom stereocenters. The molecule has 2 rings (SSSR count). The number of rotatable bonds is 3. The minimum Gasteiger partial charge on any atom is -0.328 e. The van der Waals surface area contributed by atoms with Crippen molar-refractivity contribution in [1.29, 1.82) is 0 Å². The van der Waals surface area contributed by atoms with Crippen LogP contribution in [0.1, 0.15) is 29.4 Å². The van der Waals surface area contributed by atoms with Gasteiger partial charge in [-0.3, -0.25) is 0 Å². The summed E-state index contributed by atoms with van der Waals surface area (Å²) >= 11 is 12.2. The molecule has 0 spiro atoms. The smallest absolute Gasteiger partial charge is 0.328 e. The van der Waals surface area contributed by atoms with E-state index in [2.05, 4.69) is 0 Å². The topological polar surface area (TPSA) is 30.9 Å². The summed E-state index contributed by atoms with van der Waals surface area (Å²) in [6.45, 7) is 5.61. The van der Waals surface area contributed by atoms with Crippen molar-refractivity contribution in [2.75, 3.05) is 0 Å². The van der Waals surface area contributed by atoms with Gasteiger partial charge in [-0.15, -0.1) is 0 Å². The van der Waals surface area contributed by atoms with Crippen LogP contribution in [0.2, 0.25) is 10.0 Å². The molecule has 0 aliphatic heterocycles. The van der Waals surface area contributed by atoms with E-state index in [0.717, 1.165) is 29.1 Å². The van der Waals surface area contributed by atoms with Crippen LogP contribution in [-0.4, -0.2) is 10.6 Å². The van der Waals surface area contributed by atoms with E-state index < -0.39 is 11.7 Å². The summed E-state index contributed by atoms with van der Waals surface area (Å²) in [5.74, 6) is 0. The fourth-order valence-electron chi connectivity index (χ4n) is 2.67. The third-order valence-corrected chi connectivity index (χ3v) is 4.22. The molecule has 0 aliphatic carbocycles. The first-order valence-electron chi connectivity index (χ1n) is 7.02. The van der Waals surface area contributed by atoms with Gasteiger partial charge in [-0.2, -0.15) is 13.2 Å². The van der Waals surface area contributed by atoms with Crippen molar-refractivity contribution in [1.82, 2.24) is 4.57 Å². The molecule has 0 aliphatic rings. The molecule has 0 amide bonds. The van der Waals surface area contributed by atoms with E-state index in [1.54, 1.807) is 4.57 Å². The van der Waals surface area contributed by atoms with Crippen molar-refractivity contribution in [2.24, 2.45) is 5.73 Å². The van der Waals surface area contributed by atoms with Gasteiger partial charge in [-0.05, 0) is 51.0 Å². The lowest BCUT2D eigenvalue weighted by Gasteiger charge is -2.16. The van der Waals surface area contributed by atoms with Crippen LogP contribution in [0.3, 0.4) is 0 Å². The largest absolute Gasteiger partial charge is 0.416 e.